The van der Waals surface area contributed by atoms with E-state index in [9.17, 15) is 14.4 Å². The molecule has 1 aromatic heterocycles. The number of rotatable bonds is 5. The molecule has 0 aliphatic rings. The maximum atomic E-state index is 12.5. The van der Waals surface area contributed by atoms with E-state index in [1.165, 1.54) is 18.9 Å². The highest BCUT2D eigenvalue weighted by Gasteiger charge is 2.27. The summed E-state index contributed by atoms with van der Waals surface area (Å²) in [4.78, 5) is 36.2. The number of hydrogen-bond donors (Lipinski definition) is 1. The Morgan fingerprint density at radius 2 is 1.67 bits per heavy atom. The molecular weight excluding hydrogens is 280 g/mol. The van der Waals surface area contributed by atoms with Crippen molar-refractivity contribution < 1.29 is 23.9 Å². The van der Waals surface area contributed by atoms with Crippen LogP contribution in [0.1, 0.15) is 16.2 Å². The third-order valence-corrected chi connectivity index (χ3v) is 2.85. The lowest BCUT2D eigenvalue weighted by Gasteiger charge is -2.20. The normalized spacial score (nSPS) is 10.1. The molecule has 0 bridgehead atoms. The summed E-state index contributed by atoms with van der Waals surface area (Å²) >= 11 is 0. The first-order chi connectivity index (χ1) is 9.81. The van der Waals surface area contributed by atoms with E-state index in [1.54, 1.807) is 14.0 Å². The number of nitrogen functional groups attached to an aromatic ring is 1. The van der Waals surface area contributed by atoms with Crippen LogP contribution in [0.2, 0.25) is 0 Å². The van der Waals surface area contributed by atoms with Crippen molar-refractivity contribution in [3.05, 3.63) is 11.4 Å². The van der Waals surface area contributed by atoms with Crippen LogP contribution in [-0.2, 0) is 26.1 Å². The number of nitrogens with two attached hydrogens (primary N) is 1. The van der Waals surface area contributed by atoms with Gasteiger partial charge in [0.2, 0.25) is 0 Å². The summed E-state index contributed by atoms with van der Waals surface area (Å²) in [5.74, 6) is -1.93. The van der Waals surface area contributed by atoms with Gasteiger partial charge in [-0.15, -0.1) is 0 Å². The minimum atomic E-state index is -0.662. The van der Waals surface area contributed by atoms with Gasteiger partial charge in [0.15, 0.2) is 0 Å². The van der Waals surface area contributed by atoms with Gasteiger partial charge in [0.1, 0.15) is 18.8 Å². The molecule has 0 aliphatic heterocycles. The molecule has 0 saturated heterocycles. The van der Waals surface area contributed by atoms with Gasteiger partial charge in [0, 0.05) is 7.05 Å². The summed E-state index contributed by atoms with van der Waals surface area (Å²) in [6.07, 6.45) is 0. The van der Waals surface area contributed by atoms with Gasteiger partial charge in [-0.05, 0) is 6.92 Å². The monoisotopic (exact) mass is 298 g/mol. The minimum absolute atomic E-state index is 0.0975. The molecule has 1 aromatic rings. The van der Waals surface area contributed by atoms with Crippen LogP contribution in [0.5, 0.6) is 0 Å². The number of amides is 1. The Bertz CT molecular complexity index is 548. The van der Waals surface area contributed by atoms with Crippen molar-refractivity contribution in [2.24, 2.45) is 7.05 Å². The number of hydrogen-bond acceptors (Lipinski definition) is 7. The summed E-state index contributed by atoms with van der Waals surface area (Å²) in [5.41, 5.74) is 6.58. The second-order valence-electron chi connectivity index (χ2n) is 4.28. The van der Waals surface area contributed by atoms with Crippen molar-refractivity contribution in [2.45, 2.75) is 6.92 Å². The molecule has 1 rings (SSSR count). The number of aromatic nitrogens is 2. The van der Waals surface area contributed by atoms with Crippen LogP contribution in [-0.4, -0.2) is 59.8 Å². The number of anilines is 1. The molecule has 21 heavy (non-hydrogen) atoms. The van der Waals surface area contributed by atoms with E-state index in [0.29, 0.717) is 5.69 Å². The Morgan fingerprint density at radius 1 is 1.19 bits per heavy atom. The van der Waals surface area contributed by atoms with Crippen LogP contribution < -0.4 is 5.73 Å². The molecule has 0 saturated carbocycles. The topological polar surface area (TPSA) is 117 Å². The van der Waals surface area contributed by atoms with Crippen molar-refractivity contribution in [2.75, 3.05) is 33.0 Å². The Balaban J connectivity index is 3.09. The van der Waals surface area contributed by atoms with Crippen molar-refractivity contribution in [1.29, 1.82) is 0 Å². The lowest BCUT2D eigenvalue weighted by atomic mass is 10.2. The van der Waals surface area contributed by atoms with Crippen molar-refractivity contribution >= 4 is 23.5 Å². The minimum Gasteiger partial charge on any atom is -0.468 e. The number of nitrogens with zero attached hydrogens (tertiary/aromatic N) is 3. The fraction of sp³-hybridized carbons (Fsp3) is 0.500. The highest BCUT2D eigenvalue weighted by atomic mass is 16.5. The van der Waals surface area contributed by atoms with E-state index in [0.717, 1.165) is 4.90 Å². The lowest BCUT2D eigenvalue weighted by molar-refractivity contribution is -0.144. The number of aryl methyl sites for hydroxylation is 2. The van der Waals surface area contributed by atoms with E-state index < -0.39 is 30.9 Å². The SMILES string of the molecule is COC(=O)CN(CC(=O)OC)C(=O)c1c(N)c(C)nn1C. The average Bonchev–Trinajstić information content (AvgIpc) is 2.70. The molecular formula is C12H18N4O5. The zero-order valence-electron chi connectivity index (χ0n) is 12.4. The van der Waals surface area contributed by atoms with E-state index in [4.69, 9.17) is 5.73 Å². The van der Waals surface area contributed by atoms with Crippen LogP contribution in [0.15, 0.2) is 0 Å². The van der Waals surface area contributed by atoms with Crippen molar-refractivity contribution in [3.63, 3.8) is 0 Å². The van der Waals surface area contributed by atoms with Crippen molar-refractivity contribution in [1.82, 2.24) is 14.7 Å². The van der Waals surface area contributed by atoms with Gasteiger partial charge in [0.05, 0.1) is 25.6 Å². The molecule has 0 aromatic carbocycles. The third kappa shape index (κ3) is 3.71. The second-order valence-corrected chi connectivity index (χ2v) is 4.28. The zero-order chi connectivity index (χ0) is 16.2. The van der Waals surface area contributed by atoms with E-state index in [2.05, 4.69) is 14.6 Å². The molecule has 1 amide bonds. The number of ether oxygens (including phenoxy) is 2. The molecule has 2 N–H and O–H groups in total. The predicted molar refractivity (Wildman–Crippen MR) is 72.3 cm³/mol. The van der Waals surface area contributed by atoms with Gasteiger partial charge in [-0.2, -0.15) is 5.10 Å². The third-order valence-electron chi connectivity index (χ3n) is 2.85. The molecule has 0 unspecified atom stereocenters. The van der Waals surface area contributed by atoms with Gasteiger partial charge >= 0.3 is 11.9 Å². The molecule has 0 atom stereocenters. The van der Waals surface area contributed by atoms with Crippen LogP contribution >= 0.6 is 0 Å². The molecule has 0 fully saturated rings. The fourth-order valence-electron chi connectivity index (χ4n) is 1.72. The largest absolute Gasteiger partial charge is 0.468 e. The van der Waals surface area contributed by atoms with Gasteiger partial charge in [-0.3, -0.25) is 19.1 Å². The number of methoxy groups -OCH3 is 2. The summed E-state index contributed by atoms with van der Waals surface area (Å²) in [7, 11) is 3.92. The number of carbonyl (C=O) groups excluding carboxylic acids is 3. The van der Waals surface area contributed by atoms with Crippen LogP contribution in [0.3, 0.4) is 0 Å². The molecule has 0 spiro atoms. The maximum Gasteiger partial charge on any atom is 0.325 e. The Hall–Kier alpha value is -2.58. The van der Waals surface area contributed by atoms with E-state index in [1.807, 2.05) is 0 Å². The number of carbonyl (C=O) groups is 3. The molecule has 0 aliphatic carbocycles. The highest BCUT2D eigenvalue weighted by Crippen LogP contribution is 2.17. The highest BCUT2D eigenvalue weighted by molar-refractivity contribution is 6.00. The van der Waals surface area contributed by atoms with Crippen LogP contribution in [0, 0.1) is 6.92 Å². The van der Waals surface area contributed by atoms with Gasteiger partial charge < -0.3 is 20.1 Å². The van der Waals surface area contributed by atoms with Gasteiger partial charge in [0.25, 0.3) is 5.91 Å². The first-order valence-electron chi connectivity index (χ1n) is 6.03. The summed E-state index contributed by atoms with van der Waals surface area (Å²) in [6.45, 7) is 0.860. The van der Waals surface area contributed by atoms with Gasteiger partial charge in [-0.25, -0.2) is 0 Å². The molecule has 116 valence electrons. The summed E-state index contributed by atoms with van der Waals surface area (Å²) < 4.78 is 10.3. The predicted octanol–water partition coefficient (Wildman–Crippen LogP) is -0.901. The summed E-state index contributed by atoms with van der Waals surface area (Å²) in [6, 6.07) is 0. The average molecular weight is 298 g/mol. The Labute approximate surface area is 121 Å². The van der Waals surface area contributed by atoms with Crippen molar-refractivity contribution in [3.8, 4) is 0 Å². The Kier molecular flexibility index (Phi) is 5.28. The first kappa shape index (κ1) is 16.5. The molecule has 0 radical (unpaired) electrons. The first-order valence-corrected chi connectivity index (χ1v) is 6.03. The maximum absolute atomic E-state index is 12.5. The quantitative estimate of drug-likeness (QED) is 0.700. The second kappa shape index (κ2) is 6.73. The van der Waals surface area contributed by atoms with E-state index >= 15 is 0 Å². The van der Waals surface area contributed by atoms with E-state index in [-0.39, 0.29) is 11.4 Å². The zero-order valence-corrected chi connectivity index (χ0v) is 12.4. The molecule has 9 heteroatoms. The molecule has 1 heterocycles. The molecule has 9 nitrogen and oxygen atoms in total. The summed E-state index contributed by atoms with van der Waals surface area (Å²) in [5, 5.41) is 4.02. The smallest absolute Gasteiger partial charge is 0.325 e. The standard InChI is InChI=1S/C12H18N4O5/c1-7-10(13)11(15(2)14-7)12(19)16(5-8(17)20-3)6-9(18)21-4/h5-6,13H2,1-4H3. The van der Waals surface area contributed by atoms with Crippen LogP contribution in [0.25, 0.3) is 0 Å². The fourth-order valence-corrected chi connectivity index (χ4v) is 1.72. The lowest BCUT2D eigenvalue weighted by Crippen LogP contribution is -2.41. The van der Waals surface area contributed by atoms with Crippen LogP contribution in [0.4, 0.5) is 5.69 Å². The number of esters is 2. The Morgan fingerprint density at radius 3 is 2.00 bits per heavy atom. The van der Waals surface area contributed by atoms with Gasteiger partial charge in [-0.1, -0.05) is 0 Å².